The lowest BCUT2D eigenvalue weighted by molar-refractivity contribution is -0.904. The quantitative estimate of drug-likeness (QED) is 0.607. The van der Waals surface area contributed by atoms with Crippen molar-refractivity contribution < 1.29 is 14.4 Å². The second-order valence-corrected chi connectivity index (χ2v) is 9.11. The number of carboxylic acids is 1. The van der Waals surface area contributed by atoms with Crippen molar-refractivity contribution in [3.8, 4) is 11.1 Å². The summed E-state index contributed by atoms with van der Waals surface area (Å²) in [6.07, 6.45) is 8.29. The number of carboxylic acid groups (broad SMARTS) is 1. The number of aromatic carboxylic acids is 1. The lowest BCUT2D eigenvalue weighted by Gasteiger charge is -2.32. The van der Waals surface area contributed by atoms with Crippen molar-refractivity contribution in [3.63, 3.8) is 0 Å². The van der Waals surface area contributed by atoms with E-state index in [0.717, 1.165) is 33.6 Å². The maximum Gasteiger partial charge on any atom is 0.336 e. The molecule has 0 radical (unpaired) electrons. The van der Waals surface area contributed by atoms with Gasteiger partial charge in [0.2, 0.25) is 0 Å². The Hall–Kier alpha value is -2.13. The van der Waals surface area contributed by atoms with E-state index in [1.165, 1.54) is 50.6 Å². The first kappa shape index (κ1) is 20.6. The molecule has 1 N–H and O–H groups in total. The van der Waals surface area contributed by atoms with Crippen molar-refractivity contribution in [1.82, 2.24) is 0 Å². The molecule has 0 atom stereocenters. The summed E-state index contributed by atoms with van der Waals surface area (Å²) >= 11 is 0. The predicted octanol–water partition coefficient (Wildman–Crippen LogP) is 5.91. The average Bonchev–Trinajstić information content (AvgIpc) is 2.67. The Morgan fingerprint density at radius 1 is 1.04 bits per heavy atom. The number of hydrogen-bond acceptors (Lipinski definition) is 1. The largest absolute Gasteiger partial charge is 0.478 e. The zero-order chi connectivity index (χ0) is 20.1. The van der Waals surface area contributed by atoms with Crippen LogP contribution < -0.4 is 0 Å². The van der Waals surface area contributed by atoms with Gasteiger partial charge in [-0.05, 0) is 48.1 Å². The smallest absolute Gasteiger partial charge is 0.336 e. The Labute approximate surface area is 169 Å². The van der Waals surface area contributed by atoms with Crippen LogP contribution in [-0.2, 0) is 6.54 Å². The van der Waals surface area contributed by atoms with Gasteiger partial charge in [-0.1, -0.05) is 62.4 Å². The minimum Gasteiger partial charge on any atom is -0.478 e. The van der Waals surface area contributed by atoms with Gasteiger partial charge in [0.25, 0.3) is 0 Å². The second-order valence-electron chi connectivity index (χ2n) is 9.11. The topological polar surface area (TPSA) is 37.3 Å². The van der Waals surface area contributed by atoms with Gasteiger partial charge in [0.15, 0.2) is 0 Å². The van der Waals surface area contributed by atoms with Gasteiger partial charge >= 0.3 is 5.97 Å². The molecule has 0 bridgehead atoms. The van der Waals surface area contributed by atoms with Gasteiger partial charge in [-0.2, -0.15) is 0 Å². The molecule has 3 rings (SSSR count). The molecule has 0 spiro atoms. The van der Waals surface area contributed by atoms with Crippen LogP contribution in [0.3, 0.4) is 0 Å². The summed E-state index contributed by atoms with van der Waals surface area (Å²) in [4.78, 5) is 11.8. The highest BCUT2D eigenvalue weighted by molar-refractivity contribution is 5.96. The SMILES string of the molecule is Cc1ccccc1-c1cc(C[N+](C)(C)CCC2CCCCC2)ccc1C(=O)O. The third-order valence-electron chi connectivity index (χ3n) is 6.23. The van der Waals surface area contributed by atoms with Crippen molar-refractivity contribution in [2.24, 2.45) is 5.92 Å². The van der Waals surface area contributed by atoms with Crippen LogP contribution in [0.15, 0.2) is 42.5 Å². The van der Waals surface area contributed by atoms with Gasteiger partial charge in [0.05, 0.1) is 26.2 Å². The van der Waals surface area contributed by atoms with Crippen molar-refractivity contribution in [1.29, 1.82) is 0 Å². The Morgan fingerprint density at radius 3 is 2.43 bits per heavy atom. The molecule has 1 saturated carbocycles. The van der Waals surface area contributed by atoms with Crippen molar-refractivity contribution in [2.45, 2.75) is 52.0 Å². The second kappa shape index (κ2) is 8.91. The normalized spacial score (nSPS) is 15.5. The molecule has 3 heteroatoms. The van der Waals surface area contributed by atoms with Crippen LogP contribution in [0, 0.1) is 12.8 Å². The highest BCUT2D eigenvalue weighted by Gasteiger charge is 2.22. The van der Waals surface area contributed by atoms with E-state index in [-0.39, 0.29) is 0 Å². The highest BCUT2D eigenvalue weighted by Crippen LogP contribution is 2.30. The van der Waals surface area contributed by atoms with Crippen LogP contribution in [0.2, 0.25) is 0 Å². The van der Waals surface area contributed by atoms with Crippen LogP contribution in [0.25, 0.3) is 11.1 Å². The fourth-order valence-corrected chi connectivity index (χ4v) is 4.56. The minimum atomic E-state index is -0.865. The number of nitrogens with zero attached hydrogens (tertiary/aromatic N) is 1. The van der Waals surface area contributed by atoms with E-state index < -0.39 is 5.97 Å². The first-order valence-corrected chi connectivity index (χ1v) is 10.6. The first-order chi connectivity index (χ1) is 13.4. The van der Waals surface area contributed by atoms with Gasteiger partial charge < -0.3 is 9.59 Å². The molecule has 0 amide bonds. The fourth-order valence-electron chi connectivity index (χ4n) is 4.56. The number of rotatable bonds is 7. The van der Waals surface area contributed by atoms with Gasteiger partial charge in [-0.25, -0.2) is 4.79 Å². The van der Waals surface area contributed by atoms with Crippen molar-refractivity contribution >= 4 is 5.97 Å². The molecule has 28 heavy (non-hydrogen) atoms. The van der Waals surface area contributed by atoms with E-state index in [1.807, 2.05) is 37.3 Å². The average molecular weight is 381 g/mol. The van der Waals surface area contributed by atoms with Crippen molar-refractivity contribution in [2.75, 3.05) is 20.6 Å². The highest BCUT2D eigenvalue weighted by atomic mass is 16.4. The molecule has 0 aromatic heterocycles. The molecule has 2 aromatic carbocycles. The summed E-state index contributed by atoms with van der Waals surface area (Å²) in [5.41, 5.74) is 4.53. The van der Waals surface area contributed by atoms with Crippen LogP contribution >= 0.6 is 0 Å². The molecule has 1 aliphatic carbocycles. The third kappa shape index (κ3) is 5.23. The van der Waals surface area contributed by atoms with Gasteiger partial charge in [0.1, 0.15) is 6.54 Å². The van der Waals surface area contributed by atoms with Gasteiger partial charge in [-0.3, -0.25) is 0 Å². The van der Waals surface area contributed by atoms with E-state index >= 15 is 0 Å². The zero-order valence-corrected chi connectivity index (χ0v) is 17.6. The van der Waals surface area contributed by atoms with Crippen LogP contribution in [-0.4, -0.2) is 36.2 Å². The molecule has 1 aliphatic rings. The number of hydrogen-bond donors (Lipinski definition) is 1. The molecule has 0 unspecified atom stereocenters. The summed E-state index contributed by atoms with van der Waals surface area (Å²) in [6.45, 7) is 4.13. The maximum absolute atomic E-state index is 11.8. The Bertz CT molecular complexity index is 819. The number of aryl methyl sites for hydroxylation is 1. The lowest BCUT2D eigenvalue weighted by atomic mass is 9.87. The molecule has 0 heterocycles. The standard InChI is InChI=1S/C25H33NO2/c1-19-9-7-8-12-22(19)24-17-21(13-14-23(24)25(27)28)18-26(2,3)16-15-20-10-5-4-6-11-20/h7-9,12-14,17,20H,4-6,10-11,15-16,18H2,1-3H3/p+1. The number of quaternary nitrogens is 1. The molecule has 3 nitrogen and oxygen atoms in total. The van der Waals surface area contributed by atoms with E-state index in [4.69, 9.17) is 0 Å². The Kier molecular flexibility index (Phi) is 6.56. The summed E-state index contributed by atoms with van der Waals surface area (Å²) < 4.78 is 0.941. The van der Waals surface area contributed by atoms with Gasteiger partial charge in [0, 0.05) is 5.56 Å². The molecule has 150 valence electrons. The molecule has 1 fully saturated rings. The van der Waals surface area contributed by atoms with Crippen LogP contribution in [0.1, 0.15) is 60.0 Å². The van der Waals surface area contributed by atoms with Crippen LogP contribution in [0.4, 0.5) is 0 Å². The minimum absolute atomic E-state index is 0.380. The van der Waals surface area contributed by atoms with E-state index in [0.29, 0.717) is 5.56 Å². The van der Waals surface area contributed by atoms with E-state index in [1.54, 1.807) is 6.07 Å². The van der Waals surface area contributed by atoms with Crippen molar-refractivity contribution in [3.05, 3.63) is 59.2 Å². The lowest BCUT2D eigenvalue weighted by Crippen LogP contribution is -2.40. The van der Waals surface area contributed by atoms with E-state index in [2.05, 4.69) is 20.2 Å². The Morgan fingerprint density at radius 2 is 1.75 bits per heavy atom. The molecular formula is C25H34NO2+. The fraction of sp³-hybridized carbons (Fsp3) is 0.480. The Balaban J connectivity index is 1.79. The summed E-state index contributed by atoms with van der Waals surface area (Å²) in [5, 5.41) is 9.67. The van der Waals surface area contributed by atoms with Crippen LogP contribution in [0.5, 0.6) is 0 Å². The molecule has 0 saturated heterocycles. The number of benzene rings is 2. The molecule has 0 aliphatic heterocycles. The predicted molar refractivity (Wildman–Crippen MR) is 115 cm³/mol. The maximum atomic E-state index is 11.8. The summed E-state index contributed by atoms with van der Waals surface area (Å²) in [7, 11) is 4.59. The summed E-state index contributed by atoms with van der Waals surface area (Å²) in [6, 6.07) is 13.9. The monoisotopic (exact) mass is 380 g/mol. The molecular weight excluding hydrogens is 346 g/mol. The van der Waals surface area contributed by atoms with E-state index in [9.17, 15) is 9.90 Å². The number of carbonyl (C=O) groups is 1. The first-order valence-electron chi connectivity index (χ1n) is 10.6. The van der Waals surface area contributed by atoms with Gasteiger partial charge in [-0.15, -0.1) is 0 Å². The summed E-state index contributed by atoms with van der Waals surface area (Å²) in [5.74, 6) is 0.0268. The molecule has 2 aromatic rings. The zero-order valence-electron chi connectivity index (χ0n) is 17.6. The third-order valence-corrected chi connectivity index (χ3v) is 6.23.